The van der Waals surface area contributed by atoms with Gasteiger partial charge in [-0.25, -0.2) is 4.79 Å². The zero-order valence-electron chi connectivity index (χ0n) is 24.7. The van der Waals surface area contributed by atoms with Gasteiger partial charge in [0.1, 0.15) is 6.61 Å². The van der Waals surface area contributed by atoms with Crippen LogP contribution in [-0.4, -0.2) is 60.9 Å². The molecule has 0 aromatic heterocycles. The number of carbonyl (C=O) groups is 4. The Labute approximate surface area is 243 Å². The number of amides is 3. The van der Waals surface area contributed by atoms with E-state index < -0.39 is 11.5 Å². The molecule has 2 aliphatic heterocycles. The molecule has 3 amide bonds. The number of hydrogen-bond acceptors (Lipinski definition) is 5. The number of fused-ring (bicyclic) bond motifs is 1. The molecule has 1 atom stereocenters. The molecule has 0 saturated carbocycles. The van der Waals surface area contributed by atoms with Crippen LogP contribution in [0.4, 0.5) is 10.5 Å². The number of alkyl carbamates (subject to hydrolysis) is 1. The van der Waals surface area contributed by atoms with Gasteiger partial charge >= 0.3 is 6.09 Å². The van der Waals surface area contributed by atoms with Crippen molar-refractivity contribution in [2.24, 2.45) is 0 Å². The summed E-state index contributed by atoms with van der Waals surface area (Å²) >= 11 is 0. The summed E-state index contributed by atoms with van der Waals surface area (Å²) < 4.78 is 5.32. The number of ether oxygens (including phenoxy) is 1. The summed E-state index contributed by atoms with van der Waals surface area (Å²) in [6.07, 6.45) is 5.12. The maximum atomic E-state index is 13.9. The van der Waals surface area contributed by atoms with Crippen molar-refractivity contribution in [1.29, 1.82) is 0 Å². The van der Waals surface area contributed by atoms with Crippen molar-refractivity contribution in [3.63, 3.8) is 0 Å². The average molecular weight is 560 g/mol. The van der Waals surface area contributed by atoms with E-state index in [-0.39, 0.29) is 50.3 Å². The largest absolute Gasteiger partial charge is 0.445 e. The molecule has 0 radical (unpaired) electrons. The van der Waals surface area contributed by atoms with Gasteiger partial charge in [-0.2, -0.15) is 0 Å². The molecule has 41 heavy (non-hydrogen) atoms. The predicted octanol–water partition coefficient (Wildman–Crippen LogP) is 5.30. The van der Waals surface area contributed by atoms with E-state index in [0.717, 1.165) is 42.2 Å². The Hall–Kier alpha value is -3.62. The smallest absolute Gasteiger partial charge is 0.407 e. The van der Waals surface area contributed by atoms with E-state index in [2.05, 4.69) is 5.32 Å². The highest BCUT2D eigenvalue weighted by Gasteiger charge is 2.48. The van der Waals surface area contributed by atoms with Crippen LogP contribution in [0.25, 0.3) is 0 Å². The molecule has 1 saturated heterocycles. The van der Waals surface area contributed by atoms with Gasteiger partial charge in [0, 0.05) is 36.4 Å². The second kappa shape index (κ2) is 13.4. The number of rotatable bonds is 11. The third-order valence-corrected chi connectivity index (χ3v) is 8.79. The lowest BCUT2D eigenvalue weighted by Crippen LogP contribution is -2.48. The molecule has 0 spiro atoms. The molecule has 1 N–H and O–H groups in total. The molecule has 218 valence electrons. The minimum absolute atomic E-state index is 0.00825. The Morgan fingerprint density at radius 1 is 1.17 bits per heavy atom. The lowest BCUT2D eigenvalue weighted by Gasteiger charge is -2.38. The minimum atomic E-state index is -0.664. The molecule has 0 unspecified atom stereocenters. The first-order valence-electron chi connectivity index (χ1n) is 14.9. The molecule has 4 rings (SSSR count). The summed E-state index contributed by atoms with van der Waals surface area (Å²) in [5.41, 5.74) is 2.40. The van der Waals surface area contributed by atoms with E-state index in [1.54, 1.807) is 4.90 Å². The van der Waals surface area contributed by atoms with Crippen molar-refractivity contribution in [3.8, 4) is 0 Å². The average Bonchev–Trinajstić information content (AvgIpc) is 3.23. The number of carbonyl (C=O) groups excluding carboxylic acids is 4. The van der Waals surface area contributed by atoms with Gasteiger partial charge in [-0.15, -0.1) is 0 Å². The van der Waals surface area contributed by atoms with E-state index in [1.165, 1.54) is 0 Å². The van der Waals surface area contributed by atoms with Crippen molar-refractivity contribution in [2.75, 3.05) is 18.0 Å². The molecule has 2 aromatic carbocycles. The van der Waals surface area contributed by atoms with Crippen LogP contribution >= 0.6 is 0 Å². The second-order valence-corrected chi connectivity index (χ2v) is 11.5. The van der Waals surface area contributed by atoms with E-state index in [4.69, 9.17) is 4.74 Å². The van der Waals surface area contributed by atoms with E-state index in [9.17, 15) is 19.2 Å². The highest BCUT2D eigenvalue weighted by molar-refractivity contribution is 6.84. The summed E-state index contributed by atoms with van der Waals surface area (Å²) in [6.45, 7) is 8.68. The molecule has 8 nitrogen and oxygen atoms in total. The summed E-state index contributed by atoms with van der Waals surface area (Å²) in [5.74, 6) is -0.0942. The fraction of sp³-hybridized carbons (Fsp3) is 0.500. The van der Waals surface area contributed by atoms with E-state index >= 15 is 0 Å². The van der Waals surface area contributed by atoms with Crippen molar-refractivity contribution in [2.45, 2.75) is 90.1 Å². The maximum absolute atomic E-state index is 13.9. The van der Waals surface area contributed by atoms with Gasteiger partial charge in [0.2, 0.25) is 12.6 Å². The topological polar surface area (TPSA) is 96.0 Å². The van der Waals surface area contributed by atoms with Crippen LogP contribution < -0.4 is 10.2 Å². The van der Waals surface area contributed by atoms with Crippen molar-refractivity contribution in [3.05, 3.63) is 65.2 Å². The summed E-state index contributed by atoms with van der Waals surface area (Å²) in [5, 5.41) is 2.76. The van der Waals surface area contributed by atoms with Gasteiger partial charge in [-0.3, -0.25) is 9.59 Å². The van der Waals surface area contributed by atoms with Gasteiger partial charge in [0.15, 0.2) is 0 Å². The zero-order chi connectivity index (χ0) is 29.6. The van der Waals surface area contributed by atoms with Gasteiger partial charge in [-0.05, 0) is 62.7 Å². The van der Waals surface area contributed by atoms with Crippen molar-refractivity contribution < 1.29 is 23.9 Å². The molecule has 9 heteroatoms. The third-order valence-electron chi connectivity index (χ3n) is 8.79. The van der Waals surface area contributed by atoms with Crippen molar-refractivity contribution >= 4 is 36.5 Å². The Kier molecular flexibility index (Phi) is 9.89. The zero-order valence-corrected chi connectivity index (χ0v) is 24.7. The molecule has 2 aromatic rings. The number of nitrogens with zero attached hydrogens (tertiary/aromatic N) is 2. The quantitative estimate of drug-likeness (QED) is 0.298. The molecule has 2 aliphatic rings. The number of benzene rings is 2. The first kappa shape index (κ1) is 30.3. The lowest BCUT2D eigenvalue weighted by atomic mass is 9.42. The van der Waals surface area contributed by atoms with Gasteiger partial charge in [-0.1, -0.05) is 63.0 Å². The first-order valence-corrected chi connectivity index (χ1v) is 14.9. The summed E-state index contributed by atoms with van der Waals surface area (Å²) in [7, 11) is 0. The lowest BCUT2D eigenvalue weighted by molar-refractivity contribution is -0.123. The number of nitrogens with one attached hydrogen (secondary N) is 1. The van der Waals surface area contributed by atoms with Gasteiger partial charge in [0.05, 0.1) is 11.6 Å². The third kappa shape index (κ3) is 6.34. The Bertz CT molecular complexity index is 1250. The number of hydrogen-bond donors (Lipinski definition) is 1. The normalized spacial score (nSPS) is 17.8. The van der Waals surface area contributed by atoms with E-state index in [0.29, 0.717) is 24.7 Å². The fourth-order valence-electron chi connectivity index (χ4n) is 6.52. The van der Waals surface area contributed by atoms with Crippen LogP contribution in [0, 0.1) is 0 Å². The van der Waals surface area contributed by atoms with E-state index in [1.807, 2.05) is 81.1 Å². The predicted molar refractivity (Wildman–Crippen MR) is 162 cm³/mol. The first-order chi connectivity index (χ1) is 19.7. The van der Waals surface area contributed by atoms with Crippen LogP contribution in [0.3, 0.4) is 0 Å². The molecule has 0 bridgehead atoms. The van der Waals surface area contributed by atoms with Gasteiger partial charge < -0.3 is 24.6 Å². The number of anilines is 1. The molecule has 0 aliphatic carbocycles. The minimum Gasteiger partial charge on any atom is -0.445 e. The SMILES string of the molecule is CCC1(CC)C(=O)N(CCNC(=O)OCc2ccccc2)c2cc(C(=O)N(C(C)C)[C@@H]3CCCB(C=O)C3)ccc21. The molecular weight excluding hydrogens is 517 g/mol. The Morgan fingerprint density at radius 3 is 2.56 bits per heavy atom. The highest BCUT2D eigenvalue weighted by Crippen LogP contribution is 2.46. The van der Waals surface area contributed by atoms with Crippen LogP contribution in [-0.2, 0) is 26.3 Å². The van der Waals surface area contributed by atoms with Crippen LogP contribution in [0.15, 0.2) is 48.5 Å². The molecular formula is C32H42BN3O5. The highest BCUT2D eigenvalue weighted by atomic mass is 16.5. The van der Waals surface area contributed by atoms with Crippen LogP contribution in [0.1, 0.15) is 74.9 Å². The monoisotopic (exact) mass is 559 g/mol. The Balaban J connectivity index is 1.52. The molecule has 2 heterocycles. The Morgan fingerprint density at radius 2 is 1.90 bits per heavy atom. The standard InChI is InChI=1S/C32H42BN3O5/c1-5-32(6-2)27-15-14-25(29(38)36(23(3)4)26-13-10-16-33(20-26)22-37)19-28(27)35(30(32)39)18-17-34-31(40)41-21-24-11-8-7-9-12-24/h7-9,11-12,14-15,19,22-23,26H,5-6,10,13,16-18,20-21H2,1-4H3,(H,34,40)/t26-/m1/s1. The van der Waals surface area contributed by atoms with Crippen LogP contribution in [0.2, 0.25) is 12.6 Å². The fourth-order valence-corrected chi connectivity index (χ4v) is 6.52. The summed E-state index contributed by atoms with van der Waals surface area (Å²) in [4.78, 5) is 55.2. The van der Waals surface area contributed by atoms with Crippen LogP contribution in [0.5, 0.6) is 0 Å². The maximum Gasteiger partial charge on any atom is 0.407 e. The van der Waals surface area contributed by atoms with Crippen molar-refractivity contribution in [1.82, 2.24) is 10.2 Å². The summed E-state index contributed by atoms with van der Waals surface area (Å²) in [6, 6.07) is 15.0. The van der Waals surface area contributed by atoms with Gasteiger partial charge in [0.25, 0.3) is 5.91 Å². The molecule has 1 fully saturated rings. The second-order valence-electron chi connectivity index (χ2n) is 11.5.